The molecule has 0 spiro atoms. The van der Waals surface area contributed by atoms with Crippen molar-refractivity contribution in [1.82, 2.24) is 0 Å². The Morgan fingerprint density at radius 2 is 1.00 bits per heavy atom. The summed E-state index contributed by atoms with van der Waals surface area (Å²) in [6, 6.07) is 55.2. The van der Waals surface area contributed by atoms with Crippen molar-refractivity contribution in [2.24, 2.45) is 0 Å². The average molecular weight is 602 g/mol. The Morgan fingerprint density at radius 1 is 0.426 bits per heavy atom. The Bertz CT molecular complexity index is 2540. The predicted molar refractivity (Wildman–Crippen MR) is 197 cm³/mol. The molecule has 0 saturated carbocycles. The lowest BCUT2D eigenvalue weighted by Crippen LogP contribution is -2.18. The highest BCUT2D eigenvalue weighted by molar-refractivity contribution is 6.25. The first-order valence-electron chi connectivity index (χ1n) is 16.4. The van der Waals surface area contributed by atoms with Gasteiger partial charge in [0.25, 0.3) is 0 Å². The molecule has 8 aromatic rings. The van der Waals surface area contributed by atoms with E-state index in [1.54, 1.807) is 0 Å². The van der Waals surface area contributed by atoms with Crippen LogP contribution in [0.25, 0.3) is 54.6 Å². The highest BCUT2D eigenvalue weighted by Crippen LogP contribution is 2.57. The fourth-order valence-electron chi connectivity index (χ4n) is 8.12. The Morgan fingerprint density at radius 3 is 1.74 bits per heavy atom. The van der Waals surface area contributed by atoms with Crippen molar-refractivity contribution < 1.29 is 4.74 Å². The average Bonchev–Trinajstić information content (AvgIpc) is 3.35. The van der Waals surface area contributed by atoms with Crippen LogP contribution in [-0.4, -0.2) is 0 Å². The summed E-state index contributed by atoms with van der Waals surface area (Å²) in [7, 11) is 0. The van der Waals surface area contributed by atoms with Gasteiger partial charge in [0.2, 0.25) is 0 Å². The van der Waals surface area contributed by atoms with Crippen molar-refractivity contribution in [3.8, 4) is 33.8 Å². The van der Waals surface area contributed by atoms with Crippen molar-refractivity contribution in [1.29, 1.82) is 0 Å². The maximum atomic E-state index is 6.77. The minimum Gasteiger partial charge on any atom is -0.453 e. The maximum Gasteiger partial charge on any atom is 0.151 e. The molecule has 0 bridgehead atoms. The zero-order chi connectivity index (χ0) is 31.3. The molecule has 10 rings (SSSR count). The largest absolute Gasteiger partial charge is 0.453 e. The van der Waals surface area contributed by atoms with Crippen molar-refractivity contribution in [3.63, 3.8) is 0 Å². The molecule has 1 heterocycles. The van der Waals surface area contributed by atoms with Crippen molar-refractivity contribution >= 4 is 49.4 Å². The third-order valence-corrected chi connectivity index (χ3v) is 10.4. The van der Waals surface area contributed by atoms with Gasteiger partial charge in [0.05, 0.1) is 11.4 Å². The van der Waals surface area contributed by atoms with Crippen LogP contribution in [0.2, 0.25) is 0 Å². The predicted octanol–water partition coefficient (Wildman–Crippen LogP) is 12.7. The van der Waals surface area contributed by atoms with Gasteiger partial charge in [-0.05, 0) is 108 Å². The number of hydrogen-bond acceptors (Lipinski definition) is 2. The minimum atomic E-state index is -0.0996. The normalized spacial score (nSPS) is 14.0. The highest BCUT2D eigenvalue weighted by atomic mass is 16.5. The molecule has 2 heteroatoms. The summed E-state index contributed by atoms with van der Waals surface area (Å²) in [6.45, 7) is 4.63. The zero-order valence-electron chi connectivity index (χ0n) is 26.3. The lowest BCUT2D eigenvalue weighted by atomic mass is 9.82. The summed E-state index contributed by atoms with van der Waals surface area (Å²) >= 11 is 0. The number of fused-ring (bicyclic) bond motifs is 11. The van der Waals surface area contributed by atoms with Gasteiger partial charge in [0.15, 0.2) is 11.5 Å². The monoisotopic (exact) mass is 601 g/mol. The van der Waals surface area contributed by atoms with Crippen LogP contribution in [0.4, 0.5) is 17.1 Å². The molecular formula is C45H31NO. The molecule has 0 N–H and O–H groups in total. The molecule has 0 unspecified atom stereocenters. The van der Waals surface area contributed by atoms with E-state index in [0.717, 1.165) is 34.1 Å². The van der Waals surface area contributed by atoms with E-state index in [1.165, 1.54) is 60.1 Å². The SMILES string of the molecule is CC1(C)c2ccccc2-c2cc3c(cc21)Oc1ccc(-c2ccc4c5ccccc5c5ccccc5c4c2)cc1N3c1ccccc1. The topological polar surface area (TPSA) is 12.5 Å². The summed E-state index contributed by atoms with van der Waals surface area (Å²) in [5, 5.41) is 7.70. The number of anilines is 3. The lowest BCUT2D eigenvalue weighted by molar-refractivity contribution is 0.475. The first-order chi connectivity index (χ1) is 23.1. The van der Waals surface area contributed by atoms with Crippen molar-refractivity contribution in [2.75, 3.05) is 4.90 Å². The minimum absolute atomic E-state index is 0.0996. The third kappa shape index (κ3) is 3.73. The van der Waals surface area contributed by atoms with E-state index in [9.17, 15) is 0 Å². The van der Waals surface area contributed by atoms with Gasteiger partial charge < -0.3 is 9.64 Å². The van der Waals surface area contributed by atoms with Crippen LogP contribution in [0, 0.1) is 0 Å². The fourth-order valence-corrected chi connectivity index (χ4v) is 8.12. The lowest BCUT2D eigenvalue weighted by Gasteiger charge is -2.34. The van der Waals surface area contributed by atoms with E-state index in [4.69, 9.17) is 4.74 Å². The molecule has 0 fully saturated rings. The molecule has 0 radical (unpaired) electrons. The summed E-state index contributed by atoms with van der Waals surface area (Å²) in [5.74, 6) is 1.74. The Balaban J connectivity index is 1.18. The second kappa shape index (κ2) is 9.57. The Kier molecular flexibility index (Phi) is 5.37. The van der Waals surface area contributed by atoms with Crippen LogP contribution < -0.4 is 9.64 Å². The van der Waals surface area contributed by atoms with Gasteiger partial charge in [0.1, 0.15) is 0 Å². The van der Waals surface area contributed by atoms with Gasteiger partial charge in [-0.3, -0.25) is 0 Å². The van der Waals surface area contributed by atoms with E-state index in [-0.39, 0.29) is 5.41 Å². The van der Waals surface area contributed by atoms with E-state index < -0.39 is 0 Å². The quantitative estimate of drug-likeness (QED) is 0.183. The maximum absolute atomic E-state index is 6.77. The molecule has 0 atom stereocenters. The summed E-state index contributed by atoms with van der Waals surface area (Å²) in [5.41, 5.74) is 10.7. The van der Waals surface area contributed by atoms with Crippen LogP contribution in [0.5, 0.6) is 11.5 Å². The number of hydrogen-bond donors (Lipinski definition) is 0. The number of rotatable bonds is 2. The van der Waals surface area contributed by atoms with E-state index >= 15 is 0 Å². The second-order valence-corrected chi connectivity index (χ2v) is 13.3. The molecule has 2 nitrogen and oxygen atoms in total. The molecular weight excluding hydrogens is 571 g/mol. The summed E-state index contributed by atoms with van der Waals surface area (Å²) in [6.07, 6.45) is 0. The number of ether oxygens (including phenoxy) is 1. The molecule has 0 aromatic heterocycles. The molecule has 1 aliphatic carbocycles. The van der Waals surface area contributed by atoms with Crippen LogP contribution >= 0.6 is 0 Å². The van der Waals surface area contributed by atoms with Crippen LogP contribution in [0.1, 0.15) is 25.0 Å². The van der Waals surface area contributed by atoms with Crippen LogP contribution in [0.3, 0.4) is 0 Å². The van der Waals surface area contributed by atoms with E-state index in [1.807, 2.05) is 0 Å². The molecule has 222 valence electrons. The van der Waals surface area contributed by atoms with Gasteiger partial charge >= 0.3 is 0 Å². The smallest absolute Gasteiger partial charge is 0.151 e. The number of para-hydroxylation sites is 1. The summed E-state index contributed by atoms with van der Waals surface area (Å²) in [4.78, 5) is 2.37. The molecule has 0 amide bonds. The first-order valence-corrected chi connectivity index (χ1v) is 16.4. The van der Waals surface area contributed by atoms with Crippen LogP contribution in [-0.2, 0) is 5.41 Å². The van der Waals surface area contributed by atoms with E-state index in [2.05, 4.69) is 170 Å². The van der Waals surface area contributed by atoms with Gasteiger partial charge in [-0.1, -0.05) is 123 Å². The number of benzene rings is 8. The fraction of sp³-hybridized carbons (Fsp3) is 0.0667. The molecule has 8 aromatic carbocycles. The molecule has 47 heavy (non-hydrogen) atoms. The highest BCUT2D eigenvalue weighted by Gasteiger charge is 2.38. The number of nitrogens with zero attached hydrogens (tertiary/aromatic N) is 1. The van der Waals surface area contributed by atoms with Gasteiger partial charge in [-0.15, -0.1) is 0 Å². The molecule has 2 aliphatic rings. The van der Waals surface area contributed by atoms with Crippen molar-refractivity contribution in [3.05, 3.63) is 163 Å². The zero-order valence-corrected chi connectivity index (χ0v) is 26.3. The second-order valence-electron chi connectivity index (χ2n) is 13.3. The molecule has 0 saturated heterocycles. The first kappa shape index (κ1) is 26.4. The third-order valence-electron chi connectivity index (χ3n) is 10.4. The van der Waals surface area contributed by atoms with Gasteiger partial charge in [0, 0.05) is 11.1 Å². The standard InChI is InChI=1S/C45H31NO/c1-45(2)39-19-11-10-18-36(39)38-26-42-44(27-40(38)45)47-43-23-21-29(25-41(43)46(42)30-12-4-3-5-13-30)28-20-22-35-33-16-7-6-14-31(33)32-15-8-9-17-34(32)37(35)24-28/h3-27H,1-2H3. The van der Waals surface area contributed by atoms with Gasteiger partial charge in [-0.25, -0.2) is 0 Å². The summed E-state index contributed by atoms with van der Waals surface area (Å²) < 4.78 is 6.77. The van der Waals surface area contributed by atoms with Gasteiger partial charge in [-0.2, -0.15) is 0 Å². The van der Waals surface area contributed by atoms with E-state index in [0.29, 0.717) is 0 Å². The molecule has 1 aliphatic heterocycles. The Labute approximate surface area is 274 Å². The van der Waals surface area contributed by atoms with Crippen molar-refractivity contribution in [2.45, 2.75) is 19.3 Å². The van der Waals surface area contributed by atoms with Crippen LogP contribution in [0.15, 0.2) is 152 Å². The Hall–Kier alpha value is -5.86.